The van der Waals surface area contributed by atoms with Crippen molar-refractivity contribution in [2.75, 3.05) is 0 Å². The predicted molar refractivity (Wildman–Crippen MR) is 73.3 cm³/mol. The van der Waals surface area contributed by atoms with Crippen molar-refractivity contribution in [3.8, 4) is 11.4 Å². The molecule has 0 radical (unpaired) electrons. The molecule has 0 unspecified atom stereocenters. The van der Waals surface area contributed by atoms with Crippen LogP contribution in [0.3, 0.4) is 0 Å². The molecule has 0 N–H and O–H groups in total. The van der Waals surface area contributed by atoms with E-state index in [1.807, 2.05) is 4.57 Å². The lowest BCUT2D eigenvalue weighted by Crippen LogP contribution is -2.04. The van der Waals surface area contributed by atoms with Crippen molar-refractivity contribution < 1.29 is 4.39 Å². The van der Waals surface area contributed by atoms with Crippen LogP contribution in [0.15, 0.2) is 18.2 Å². The Hall–Kier alpha value is -0.940. The minimum absolute atomic E-state index is 0.0865. The Bertz CT molecular complexity index is 556. The van der Waals surface area contributed by atoms with Crippen LogP contribution in [-0.4, -0.2) is 14.8 Å². The van der Waals surface area contributed by atoms with E-state index in [2.05, 4.69) is 33.1 Å². The van der Waals surface area contributed by atoms with Gasteiger partial charge in [-0.25, -0.2) is 4.39 Å². The summed E-state index contributed by atoms with van der Waals surface area (Å²) in [6, 6.07) is 4.70. The summed E-state index contributed by atoms with van der Waals surface area (Å²) >= 11 is 9.35. The molecular weight excluding hydrogens is 321 g/mol. The molecule has 0 atom stereocenters. The molecule has 0 amide bonds. The molecule has 0 saturated carbocycles. The molecule has 0 aliphatic carbocycles. The summed E-state index contributed by atoms with van der Waals surface area (Å²) in [6.45, 7) is 2.84. The molecule has 18 heavy (non-hydrogen) atoms. The van der Waals surface area contributed by atoms with Crippen LogP contribution in [0.5, 0.6) is 0 Å². The minimum Gasteiger partial charge on any atom is -0.310 e. The van der Waals surface area contributed by atoms with Crippen LogP contribution in [0.1, 0.15) is 19.2 Å². The summed E-state index contributed by atoms with van der Waals surface area (Å²) in [5, 5.41) is 8.89. The van der Waals surface area contributed by atoms with Gasteiger partial charge in [-0.15, -0.1) is 10.2 Å². The van der Waals surface area contributed by atoms with E-state index in [4.69, 9.17) is 11.6 Å². The first-order valence-corrected chi connectivity index (χ1v) is 7.11. The molecule has 0 saturated heterocycles. The summed E-state index contributed by atoms with van der Waals surface area (Å²) in [4.78, 5) is 0. The van der Waals surface area contributed by atoms with Crippen molar-refractivity contribution in [3.05, 3.63) is 34.9 Å². The van der Waals surface area contributed by atoms with Gasteiger partial charge in [-0.2, -0.15) is 0 Å². The predicted octanol–water partition coefficient (Wildman–Crippen LogP) is 4.04. The van der Waals surface area contributed by atoms with Gasteiger partial charge in [0.15, 0.2) is 5.82 Å². The van der Waals surface area contributed by atoms with Gasteiger partial charge in [-0.3, -0.25) is 0 Å². The van der Waals surface area contributed by atoms with Crippen molar-refractivity contribution in [1.82, 2.24) is 14.8 Å². The number of halogens is 3. The largest absolute Gasteiger partial charge is 0.310 e. The van der Waals surface area contributed by atoms with Gasteiger partial charge >= 0.3 is 0 Å². The normalized spacial score (nSPS) is 10.9. The Morgan fingerprint density at radius 3 is 2.83 bits per heavy atom. The van der Waals surface area contributed by atoms with Crippen LogP contribution in [0, 0.1) is 5.82 Å². The van der Waals surface area contributed by atoms with Crippen LogP contribution in [-0.2, 0) is 11.9 Å². The summed E-state index contributed by atoms with van der Waals surface area (Å²) in [6.07, 6.45) is 0.942. The molecule has 0 fully saturated rings. The molecule has 2 aromatic rings. The second-order valence-corrected chi connectivity index (χ2v) is 4.77. The van der Waals surface area contributed by atoms with Crippen LogP contribution < -0.4 is 0 Å². The molecule has 1 heterocycles. The number of hydrogen-bond acceptors (Lipinski definition) is 2. The summed E-state index contributed by atoms with van der Waals surface area (Å²) in [7, 11) is 0. The van der Waals surface area contributed by atoms with Gasteiger partial charge in [-0.05, 0) is 18.6 Å². The highest BCUT2D eigenvalue weighted by molar-refractivity contribution is 9.08. The monoisotopic (exact) mass is 331 g/mol. The van der Waals surface area contributed by atoms with E-state index in [9.17, 15) is 4.39 Å². The molecule has 2 rings (SSSR count). The molecule has 1 aromatic heterocycles. The fraction of sp³-hybridized carbons (Fsp3) is 0.333. The second-order valence-electron chi connectivity index (χ2n) is 3.83. The van der Waals surface area contributed by atoms with Crippen molar-refractivity contribution in [2.24, 2.45) is 0 Å². The van der Waals surface area contributed by atoms with Gasteiger partial charge in [0.2, 0.25) is 0 Å². The topological polar surface area (TPSA) is 30.7 Å². The van der Waals surface area contributed by atoms with E-state index in [0.717, 1.165) is 18.8 Å². The van der Waals surface area contributed by atoms with E-state index >= 15 is 0 Å². The molecule has 3 nitrogen and oxygen atoms in total. The molecule has 1 aromatic carbocycles. The maximum absolute atomic E-state index is 13.5. The fourth-order valence-corrected chi connectivity index (χ4v) is 2.39. The highest BCUT2D eigenvalue weighted by Gasteiger charge is 2.16. The van der Waals surface area contributed by atoms with Crippen molar-refractivity contribution in [3.63, 3.8) is 0 Å². The third-order valence-corrected chi connectivity index (χ3v) is 3.47. The van der Waals surface area contributed by atoms with Gasteiger partial charge < -0.3 is 4.57 Å². The third-order valence-electron chi connectivity index (χ3n) is 2.59. The van der Waals surface area contributed by atoms with Gasteiger partial charge in [-0.1, -0.05) is 40.5 Å². The maximum Gasteiger partial charge on any atom is 0.165 e. The summed E-state index contributed by atoms with van der Waals surface area (Å²) < 4.78 is 15.4. The quantitative estimate of drug-likeness (QED) is 0.791. The summed E-state index contributed by atoms with van der Waals surface area (Å²) in [5.74, 6) is 0.976. The Morgan fingerprint density at radius 2 is 2.17 bits per heavy atom. The van der Waals surface area contributed by atoms with Crippen LogP contribution in [0.2, 0.25) is 5.02 Å². The highest BCUT2D eigenvalue weighted by atomic mass is 79.9. The van der Waals surface area contributed by atoms with E-state index in [1.165, 1.54) is 6.07 Å². The van der Waals surface area contributed by atoms with E-state index in [-0.39, 0.29) is 5.02 Å². The molecular formula is C12H12BrClFN3. The third kappa shape index (κ3) is 2.42. The second kappa shape index (κ2) is 5.80. The van der Waals surface area contributed by atoms with Gasteiger partial charge in [0.25, 0.3) is 0 Å². The zero-order valence-corrected chi connectivity index (χ0v) is 12.2. The van der Waals surface area contributed by atoms with E-state index < -0.39 is 5.82 Å². The van der Waals surface area contributed by atoms with Gasteiger partial charge in [0, 0.05) is 12.1 Å². The lowest BCUT2D eigenvalue weighted by Gasteiger charge is -2.09. The Labute approximate surface area is 118 Å². The number of hydrogen-bond donors (Lipinski definition) is 0. The van der Waals surface area contributed by atoms with Crippen LogP contribution in [0.4, 0.5) is 4.39 Å². The molecule has 0 spiro atoms. The zero-order valence-electron chi connectivity index (χ0n) is 9.83. The lowest BCUT2D eigenvalue weighted by atomic mass is 10.2. The lowest BCUT2D eigenvalue weighted by molar-refractivity contribution is 0.627. The van der Waals surface area contributed by atoms with Crippen molar-refractivity contribution in [2.45, 2.75) is 25.2 Å². The number of alkyl halides is 1. The van der Waals surface area contributed by atoms with Crippen molar-refractivity contribution in [1.29, 1.82) is 0 Å². The molecule has 0 aliphatic heterocycles. The van der Waals surface area contributed by atoms with Crippen molar-refractivity contribution >= 4 is 27.5 Å². The minimum atomic E-state index is -0.444. The smallest absolute Gasteiger partial charge is 0.165 e. The average Bonchev–Trinajstić information content (AvgIpc) is 2.76. The first-order valence-electron chi connectivity index (χ1n) is 5.61. The molecule has 0 aliphatic rings. The SMILES string of the molecule is CCCn1c(CBr)nnc1-c1cccc(F)c1Cl. The molecule has 0 bridgehead atoms. The Morgan fingerprint density at radius 1 is 1.39 bits per heavy atom. The first kappa shape index (κ1) is 13.5. The standard InChI is InChI=1S/C12H12BrClFN3/c1-2-6-18-10(7-13)16-17-12(18)8-4-3-5-9(15)11(8)14/h3-5H,2,6-7H2,1H3. The van der Waals surface area contributed by atoms with Crippen LogP contribution >= 0.6 is 27.5 Å². The van der Waals surface area contributed by atoms with Gasteiger partial charge in [0.05, 0.1) is 10.4 Å². The number of benzene rings is 1. The maximum atomic E-state index is 13.5. The number of aromatic nitrogens is 3. The van der Waals surface area contributed by atoms with Gasteiger partial charge in [0.1, 0.15) is 11.6 Å². The summed E-state index contributed by atoms with van der Waals surface area (Å²) in [5.41, 5.74) is 0.574. The fourth-order valence-electron chi connectivity index (χ4n) is 1.77. The van der Waals surface area contributed by atoms with E-state index in [0.29, 0.717) is 16.7 Å². The average molecular weight is 333 g/mol. The number of nitrogens with zero attached hydrogens (tertiary/aromatic N) is 3. The Kier molecular flexibility index (Phi) is 4.35. The molecule has 6 heteroatoms. The van der Waals surface area contributed by atoms with E-state index in [1.54, 1.807) is 12.1 Å². The number of rotatable bonds is 4. The first-order chi connectivity index (χ1) is 8.69. The molecule has 96 valence electrons. The Balaban J connectivity index is 2.56. The van der Waals surface area contributed by atoms with Crippen LogP contribution in [0.25, 0.3) is 11.4 Å². The zero-order chi connectivity index (χ0) is 13.1. The highest BCUT2D eigenvalue weighted by Crippen LogP contribution is 2.29.